The number of anilines is 1. The van der Waals surface area contributed by atoms with Crippen molar-refractivity contribution in [1.29, 1.82) is 0 Å². The Morgan fingerprint density at radius 3 is 2.45 bits per heavy atom. The molecule has 0 spiro atoms. The first-order valence-electron chi connectivity index (χ1n) is 5.57. The first kappa shape index (κ1) is 14.2. The molecule has 20 heavy (non-hydrogen) atoms. The van der Waals surface area contributed by atoms with E-state index < -0.39 is 23.4 Å². The van der Waals surface area contributed by atoms with Crippen molar-refractivity contribution < 1.29 is 22.0 Å². The zero-order valence-corrected chi connectivity index (χ0v) is 10.0. The Morgan fingerprint density at radius 2 is 1.80 bits per heavy atom. The standard InChI is InChI=1S/C13H9F5N2/c14-10-2-1-8(11(15)6-10)7-20-12-5-9(3-4-19-12)13(16,17)18/h1-6H,7H2,(H,19,20). The van der Waals surface area contributed by atoms with Crippen LogP contribution in [-0.4, -0.2) is 4.98 Å². The Labute approximate surface area is 111 Å². The molecule has 106 valence electrons. The molecule has 7 heteroatoms. The number of alkyl halides is 3. The minimum absolute atomic E-state index is 0.0384. The average Bonchev–Trinajstić information content (AvgIpc) is 2.37. The smallest absolute Gasteiger partial charge is 0.366 e. The molecule has 1 aromatic heterocycles. The SMILES string of the molecule is Fc1ccc(CNc2cc(C(F)(F)F)ccn2)c(F)c1. The fraction of sp³-hybridized carbons (Fsp3) is 0.154. The maximum atomic E-state index is 13.3. The van der Waals surface area contributed by atoms with Crippen molar-refractivity contribution in [2.75, 3.05) is 5.32 Å². The molecule has 1 N–H and O–H groups in total. The summed E-state index contributed by atoms with van der Waals surface area (Å²) >= 11 is 0. The highest BCUT2D eigenvalue weighted by Crippen LogP contribution is 2.29. The van der Waals surface area contributed by atoms with Crippen LogP contribution in [0.5, 0.6) is 0 Å². The van der Waals surface area contributed by atoms with E-state index >= 15 is 0 Å². The predicted octanol–water partition coefficient (Wildman–Crippen LogP) is 3.99. The first-order valence-corrected chi connectivity index (χ1v) is 5.57. The van der Waals surface area contributed by atoms with Crippen molar-refractivity contribution in [2.45, 2.75) is 12.7 Å². The Balaban J connectivity index is 2.11. The Bertz CT molecular complexity index is 610. The maximum Gasteiger partial charge on any atom is 0.416 e. The fourth-order valence-electron chi connectivity index (χ4n) is 1.55. The third-order valence-electron chi connectivity index (χ3n) is 2.56. The molecule has 0 saturated heterocycles. The number of benzene rings is 1. The second-order valence-corrected chi connectivity index (χ2v) is 4.02. The van der Waals surface area contributed by atoms with Gasteiger partial charge in [0.25, 0.3) is 0 Å². The summed E-state index contributed by atoms with van der Waals surface area (Å²) in [6.45, 7) is -0.0968. The molecule has 0 saturated carbocycles. The van der Waals surface area contributed by atoms with Crippen LogP contribution in [0.1, 0.15) is 11.1 Å². The Hall–Kier alpha value is -2.18. The second kappa shape index (κ2) is 5.44. The lowest BCUT2D eigenvalue weighted by Crippen LogP contribution is -2.08. The van der Waals surface area contributed by atoms with Gasteiger partial charge in [0.2, 0.25) is 0 Å². The van der Waals surface area contributed by atoms with Gasteiger partial charge < -0.3 is 5.32 Å². The lowest BCUT2D eigenvalue weighted by molar-refractivity contribution is -0.137. The lowest BCUT2D eigenvalue weighted by atomic mass is 10.2. The summed E-state index contributed by atoms with van der Waals surface area (Å²) in [6.07, 6.45) is -3.47. The zero-order chi connectivity index (χ0) is 14.8. The molecule has 2 nitrogen and oxygen atoms in total. The van der Waals surface area contributed by atoms with E-state index in [1.807, 2.05) is 0 Å². The van der Waals surface area contributed by atoms with Gasteiger partial charge in [-0.3, -0.25) is 0 Å². The highest BCUT2D eigenvalue weighted by Gasteiger charge is 2.30. The van der Waals surface area contributed by atoms with Crippen molar-refractivity contribution >= 4 is 5.82 Å². The third kappa shape index (κ3) is 3.43. The number of hydrogen-bond donors (Lipinski definition) is 1. The van der Waals surface area contributed by atoms with Gasteiger partial charge in [-0.2, -0.15) is 13.2 Å². The van der Waals surface area contributed by atoms with Crippen LogP contribution in [0.2, 0.25) is 0 Å². The number of halogens is 5. The van der Waals surface area contributed by atoms with Crippen molar-refractivity contribution in [3.63, 3.8) is 0 Å². The molecule has 1 aromatic carbocycles. The molecule has 0 bridgehead atoms. The number of nitrogens with zero attached hydrogens (tertiary/aromatic N) is 1. The molecule has 2 rings (SSSR count). The van der Waals surface area contributed by atoms with Crippen LogP contribution < -0.4 is 5.32 Å². The van der Waals surface area contributed by atoms with Crippen LogP contribution in [0.3, 0.4) is 0 Å². The van der Waals surface area contributed by atoms with E-state index in [9.17, 15) is 22.0 Å². The number of hydrogen-bond acceptors (Lipinski definition) is 2. The van der Waals surface area contributed by atoms with Gasteiger partial charge in [0.15, 0.2) is 0 Å². The van der Waals surface area contributed by atoms with Crippen molar-refractivity contribution in [2.24, 2.45) is 0 Å². The second-order valence-electron chi connectivity index (χ2n) is 4.02. The normalized spacial score (nSPS) is 11.4. The molecule has 0 unspecified atom stereocenters. The van der Waals surface area contributed by atoms with E-state index in [2.05, 4.69) is 10.3 Å². The van der Waals surface area contributed by atoms with Crippen LogP contribution in [0, 0.1) is 11.6 Å². The topological polar surface area (TPSA) is 24.9 Å². The van der Waals surface area contributed by atoms with Gasteiger partial charge in [-0.15, -0.1) is 0 Å². The molecular weight excluding hydrogens is 279 g/mol. The predicted molar refractivity (Wildman–Crippen MR) is 62.9 cm³/mol. The molecule has 0 fully saturated rings. The van der Waals surface area contributed by atoms with Crippen molar-refractivity contribution in [3.05, 3.63) is 59.3 Å². The number of pyridine rings is 1. The monoisotopic (exact) mass is 288 g/mol. The van der Waals surface area contributed by atoms with Crippen molar-refractivity contribution in [1.82, 2.24) is 4.98 Å². The summed E-state index contributed by atoms with van der Waals surface area (Å²) in [4.78, 5) is 3.71. The summed E-state index contributed by atoms with van der Waals surface area (Å²) in [5.74, 6) is -1.53. The van der Waals surface area contributed by atoms with Gasteiger partial charge in [0.05, 0.1) is 5.56 Å². The zero-order valence-electron chi connectivity index (χ0n) is 10.0. The molecule has 2 aromatic rings. The average molecular weight is 288 g/mol. The highest BCUT2D eigenvalue weighted by atomic mass is 19.4. The summed E-state index contributed by atoms with van der Waals surface area (Å²) in [6, 6.07) is 4.65. The molecule has 0 radical (unpaired) electrons. The van der Waals surface area contributed by atoms with E-state index in [4.69, 9.17) is 0 Å². The molecule has 0 atom stereocenters. The minimum atomic E-state index is -4.47. The molecule has 0 aliphatic heterocycles. The van der Waals surface area contributed by atoms with Gasteiger partial charge in [0.1, 0.15) is 17.5 Å². The van der Waals surface area contributed by atoms with E-state index in [1.165, 1.54) is 6.07 Å². The van der Waals surface area contributed by atoms with E-state index in [0.717, 1.165) is 24.4 Å². The largest absolute Gasteiger partial charge is 0.416 e. The molecule has 0 aliphatic carbocycles. The van der Waals surface area contributed by atoms with Gasteiger partial charge in [-0.25, -0.2) is 13.8 Å². The Kier molecular flexibility index (Phi) is 3.87. The molecular formula is C13H9F5N2. The molecule has 0 amide bonds. The summed E-state index contributed by atoms with van der Waals surface area (Å²) in [5, 5.41) is 2.56. The van der Waals surface area contributed by atoms with Gasteiger partial charge in [0, 0.05) is 24.4 Å². The molecule has 0 aliphatic rings. The summed E-state index contributed by atoms with van der Waals surface area (Å²) < 4.78 is 63.5. The lowest BCUT2D eigenvalue weighted by Gasteiger charge is -2.10. The maximum absolute atomic E-state index is 13.3. The van der Waals surface area contributed by atoms with Crippen LogP contribution in [0.25, 0.3) is 0 Å². The van der Waals surface area contributed by atoms with Gasteiger partial charge in [-0.1, -0.05) is 6.07 Å². The quantitative estimate of drug-likeness (QED) is 0.864. The number of aromatic nitrogens is 1. The van der Waals surface area contributed by atoms with Gasteiger partial charge in [-0.05, 0) is 18.2 Å². The summed E-state index contributed by atoms with van der Waals surface area (Å²) in [7, 11) is 0. The number of nitrogens with one attached hydrogen (secondary N) is 1. The highest BCUT2D eigenvalue weighted by molar-refractivity contribution is 5.39. The van der Waals surface area contributed by atoms with E-state index in [-0.39, 0.29) is 17.9 Å². The van der Waals surface area contributed by atoms with E-state index in [0.29, 0.717) is 6.07 Å². The Morgan fingerprint density at radius 1 is 1.05 bits per heavy atom. The third-order valence-corrected chi connectivity index (χ3v) is 2.56. The number of rotatable bonds is 3. The minimum Gasteiger partial charge on any atom is -0.366 e. The summed E-state index contributed by atoms with van der Waals surface area (Å²) in [5.41, 5.74) is -0.722. The van der Waals surface area contributed by atoms with Crippen LogP contribution in [0.15, 0.2) is 36.5 Å². The van der Waals surface area contributed by atoms with Crippen LogP contribution in [-0.2, 0) is 12.7 Å². The van der Waals surface area contributed by atoms with Crippen molar-refractivity contribution in [3.8, 4) is 0 Å². The first-order chi connectivity index (χ1) is 9.36. The van der Waals surface area contributed by atoms with Crippen LogP contribution >= 0.6 is 0 Å². The molecule has 1 heterocycles. The van der Waals surface area contributed by atoms with E-state index in [1.54, 1.807) is 0 Å². The fourth-order valence-corrected chi connectivity index (χ4v) is 1.55. The van der Waals surface area contributed by atoms with Crippen LogP contribution in [0.4, 0.5) is 27.8 Å². The van der Waals surface area contributed by atoms with Gasteiger partial charge >= 0.3 is 6.18 Å².